The fourth-order valence-electron chi connectivity index (χ4n) is 1.78. The third-order valence-electron chi connectivity index (χ3n) is 2.92. The second-order valence-corrected chi connectivity index (χ2v) is 4.29. The van der Waals surface area contributed by atoms with E-state index in [0.29, 0.717) is 18.1 Å². The zero-order chi connectivity index (χ0) is 15.2. The number of benzene rings is 2. The van der Waals surface area contributed by atoms with Gasteiger partial charge >= 0.3 is 0 Å². The molecule has 2 rings (SSSR count). The molecular weight excluding hydrogens is 270 g/mol. The Hall–Kier alpha value is -2.82. The summed E-state index contributed by atoms with van der Waals surface area (Å²) >= 11 is 0. The number of methoxy groups -OCH3 is 1. The molecule has 0 unspecified atom stereocenters. The van der Waals surface area contributed by atoms with Gasteiger partial charge in [0.15, 0.2) is 11.5 Å². The van der Waals surface area contributed by atoms with Crippen LogP contribution in [0, 0.1) is 16.7 Å². The lowest BCUT2D eigenvalue weighted by atomic mass is 10.2. The van der Waals surface area contributed by atoms with E-state index in [1.807, 2.05) is 6.07 Å². The Bertz CT molecular complexity index is 650. The van der Waals surface area contributed by atoms with Crippen molar-refractivity contribution in [1.82, 2.24) is 0 Å². The molecule has 0 aliphatic rings. The monoisotopic (exact) mass is 284 g/mol. The Morgan fingerprint density at radius 1 is 1.19 bits per heavy atom. The van der Waals surface area contributed by atoms with Crippen molar-refractivity contribution in [3.63, 3.8) is 0 Å². The van der Waals surface area contributed by atoms with Crippen molar-refractivity contribution in [3.05, 3.63) is 70.3 Å². The van der Waals surface area contributed by atoms with Crippen LogP contribution >= 0.6 is 0 Å². The Balaban J connectivity index is 2.08. The molecule has 5 nitrogen and oxygen atoms in total. The smallest absolute Gasteiger partial charge is 0.269 e. The molecule has 2 aromatic rings. The average Bonchev–Trinajstić information content (AvgIpc) is 2.53. The highest BCUT2D eigenvalue weighted by Crippen LogP contribution is 2.29. The lowest BCUT2D eigenvalue weighted by Gasteiger charge is -2.11. The highest BCUT2D eigenvalue weighted by atomic mass is 16.6. The van der Waals surface area contributed by atoms with Gasteiger partial charge in [0, 0.05) is 12.1 Å². The lowest BCUT2D eigenvalue weighted by molar-refractivity contribution is -0.384. The minimum Gasteiger partial charge on any atom is -0.493 e. The van der Waals surface area contributed by atoms with E-state index in [9.17, 15) is 10.1 Å². The summed E-state index contributed by atoms with van der Waals surface area (Å²) in [6.07, 6.45) is 1.47. The molecule has 2 aromatic carbocycles. The average molecular weight is 284 g/mol. The van der Waals surface area contributed by atoms with E-state index in [0.717, 1.165) is 11.1 Å². The van der Waals surface area contributed by atoms with Crippen molar-refractivity contribution >= 4 is 11.8 Å². The normalized spacial score (nSPS) is 9.95. The summed E-state index contributed by atoms with van der Waals surface area (Å²) in [6, 6.07) is 11.6. The number of nitrogens with zero attached hydrogens (tertiary/aromatic N) is 1. The van der Waals surface area contributed by atoms with Crippen LogP contribution in [0.4, 0.5) is 5.69 Å². The predicted molar refractivity (Wildman–Crippen MR) is 79.2 cm³/mol. The molecule has 0 aliphatic heterocycles. The van der Waals surface area contributed by atoms with Gasteiger partial charge in [0.2, 0.25) is 0 Å². The molecular formula is C16H14NO4. The highest BCUT2D eigenvalue weighted by molar-refractivity contribution is 5.53. The van der Waals surface area contributed by atoms with E-state index in [4.69, 9.17) is 16.1 Å². The van der Waals surface area contributed by atoms with Gasteiger partial charge in [-0.05, 0) is 35.4 Å². The number of non-ortho nitro benzene ring substituents is 1. The van der Waals surface area contributed by atoms with E-state index in [-0.39, 0.29) is 5.69 Å². The summed E-state index contributed by atoms with van der Waals surface area (Å²) in [5.74, 6) is 1.16. The van der Waals surface area contributed by atoms with Gasteiger partial charge in [-0.2, -0.15) is 0 Å². The van der Waals surface area contributed by atoms with Gasteiger partial charge in [-0.1, -0.05) is 18.7 Å². The third kappa shape index (κ3) is 3.60. The number of hydrogen-bond donors (Lipinski definition) is 0. The van der Waals surface area contributed by atoms with E-state index in [1.165, 1.54) is 18.2 Å². The molecule has 21 heavy (non-hydrogen) atoms. The number of rotatable bonds is 6. The SMILES string of the molecule is [CH]=Cc1ccc(OCc2ccc([N+](=O)[O-])cc2)c(OC)c1. The van der Waals surface area contributed by atoms with Crippen LogP contribution in [0.3, 0.4) is 0 Å². The largest absolute Gasteiger partial charge is 0.493 e. The first kappa shape index (κ1) is 14.6. The molecule has 0 atom stereocenters. The van der Waals surface area contributed by atoms with Crippen molar-refractivity contribution in [2.75, 3.05) is 7.11 Å². The van der Waals surface area contributed by atoms with Crippen molar-refractivity contribution in [3.8, 4) is 11.5 Å². The Labute approximate surface area is 122 Å². The predicted octanol–water partition coefficient (Wildman–Crippen LogP) is 3.63. The Morgan fingerprint density at radius 3 is 2.48 bits per heavy atom. The van der Waals surface area contributed by atoms with Crippen molar-refractivity contribution in [2.45, 2.75) is 6.61 Å². The second-order valence-electron chi connectivity index (χ2n) is 4.29. The number of hydrogen-bond acceptors (Lipinski definition) is 4. The maximum absolute atomic E-state index is 10.6. The Kier molecular flexibility index (Phi) is 4.56. The minimum absolute atomic E-state index is 0.0548. The molecule has 0 amide bonds. The molecule has 1 radical (unpaired) electrons. The van der Waals surface area contributed by atoms with Crippen LogP contribution in [-0.2, 0) is 6.61 Å². The van der Waals surface area contributed by atoms with E-state index < -0.39 is 4.92 Å². The van der Waals surface area contributed by atoms with Crippen LogP contribution in [0.15, 0.2) is 42.5 Å². The molecule has 0 spiro atoms. The second kappa shape index (κ2) is 6.56. The lowest BCUT2D eigenvalue weighted by Crippen LogP contribution is -1.98. The zero-order valence-electron chi connectivity index (χ0n) is 11.5. The van der Waals surface area contributed by atoms with Gasteiger partial charge in [-0.15, -0.1) is 0 Å². The summed E-state index contributed by atoms with van der Waals surface area (Å²) in [6.45, 7) is 5.74. The molecule has 0 saturated heterocycles. The van der Waals surface area contributed by atoms with E-state index in [2.05, 4.69) is 0 Å². The number of ether oxygens (including phenoxy) is 2. The third-order valence-corrected chi connectivity index (χ3v) is 2.92. The van der Waals surface area contributed by atoms with E-state index >= 15 is 0 Å². The van der Waals surface area contributed by atoms with Crippen LogP contribution < -0.4 is 9.47 Å². The molecule has 0 bridgehead atoms. The first-order valence-corrected chi connectivity index (χ1v) is 6.23. The molecule has 107 valence electrons. The molecule has 0 heterocycles. The van der Waals surface area contributed by atoms with Crippen LogP contribution in [0.25, 0.3) is 6.08 Å². The number of nitro benzene ring substituents is 1. The molecule has 0 aromatic heterocycles. The van der Waals surface area contributed by atoms with Crippen LogP contribution in [0.1, 0.15) is 11.1 Å². The number of nitro groups is 1. The molecule has 0 fully saturated rings. The van der Waals surface area contributed by atoms with Crippen LogP contribution in [-0.4, -0.2) is 12.0 Å². The van der Waals surface area contributed by atoms with Crippen molar-refractivity contribution < 1.29 is 14.4 Å². The van der Waals surface area contributed by atoms with Gasteiger partial charge in [0.05, 0.1) is 12.0 Å². The van der Waals surface area contributed by atoms with E-state index in [1.54, 1.807) is 31.4 Å². The minimum atomic E-state index is -0.435. The zero-order valence-corrected chi connectivity index (χ0v) is 11.5. The van der Waals surface area contributed by atoms with Gasteiger partial charge in [0.1, 0.15) is 6.61 Å². The van der Waals surface area contributed by atoms with Gasteiger partial charge in [-0.3, -0.25) is 10.1 Å². The first-order valence-electron chi connectivity index (χ1n) is 6.23. The van der Waals surface area contributed by atoms with Crippen molar-refractivity contribution in [2.24, 2.45) is 0 Å². The fourth-order valence-corrected chi connectivity index (χ4v) is 1.78. The highest BCUT2D eigenvalue weighted by Gasteiger charge is 2.07. The summed E-state index contributed by atoms with van der Waals surface area (Å²) in [4.78, 5) is 10.1. The van der Waals surface area contributed by atoms with Gasteiger partial charge in [-0.25, -0.2) is 0 Å². The quantitative estimate of drug-likeness (QED) is 0.600. The summed E-state index contributed by atoms with van der Waals surface area (Å²) < 4.78 is 10.9. The van der Waals surface area contributed by atoms with Gasteiger partial charge in [0.25, 0.3) is 5.69 Å². The first-order chi connectivity index (χ1) is 10.1. The van der Waals surface area contributed by atoms with Gasteiger partial charge < -0.3 is 9.47 Å². The molecule has 0 N–H and O–H groups in total. The standard InChI is InChI=1S/C16H14NO4/c1-3-12-6-9-15(16(10-12)20-2)21-11-13-4-7-14(8-5-13)17(18)19/h1,3-10H,11H2,2H3. The molecule has 5 heteroatoms. The summed E-state index contributed by atoms with van der Waals surface area (Å²) in [5.41, 5.74) is 1.71. The summed E-state index contributed by atoms with van der Waals surface area (Å²) in [7, 11) is 1.55. The molecule has 0 aliphatic carbocycles. The topological polar surface area (TPSA) is 61.6 Å². The van der Waals surface area contributed by atoms with Crippen LogP contribution in [0.2, 0.25) is 0 Å². The van der Waals surface area contributed by atoms with Crippen LogP contribution in [0.5, 0.6) is 11.5 Å². The maximum atomic E-state index is 10.6. The molecule has 0 saturated carbocycles. The Morgan fingerprint density at radius 2 is 1.90 bits per heavy atom. The maximum Gasteiger partial charge on any atom is 0.269 e. The fraction of sp³-hybridized carbons (Fsp3) is 0.125. The summed E-state index contributed by atoms with van der Waals surface area (Å²) in [5, 5.41) is 10.6. The van der Waals surface area contributed by atoms with Crippen molar-refractivity contribution in [1.29, 1.82) is 0 Å².